The van der Waals surface area contributed by atoms with E-state index in [1.54, 1.807) is 50.4 Å². The number of hydrogen-bond donors (Lipinski definition) is 1. The quantitative estimate of drug-likeness (QED) is 0.937. The first-order valence-electron chi connectivity index (χ1n) is 7.59. The Morgan fingerprint density at radius 2 is 1.92 bits per heavy atom. The molecule has 0 fully saturated rings. The molecule has 1 aliphatic heterocycles. The molecule has 24 heavy (non-hydrogen) atoms. The molecule has 6 heteroatoms. The second-order valence-corrected chi connectivity index (χ2v) is 5.43. The summed E-state index contributed by atoms with van der Waals surface area (Å²) in [6.45, 7) is 1.64. The molecule has 0 radical (unpaired) electrons. The number of carbonyl (C=O) groups excluding carboxylic acids is 2. The number of methoxy groups -OCH3 is 1. The molecule has 0 aromatic heterocycles. The lowest BCUT2D eigenvalue weighted by atomic mass is 10.1. The van der Waals surface area contributed by atoms with Crippen LogP contribution in [0.1, 0.15) is 6.92 Å². The summed E-state index contributed by atoms with van der Waals surface area (Å²) in [7, 11) is 1.57. The van der Waals surface area contributed by atoms with Crippen LogP contribution in [0.5, 0.6) is 11.5 Å². The van der Waals surface area contributed by atoms with Crippen molar-refractivity contribution >= 4 is 23.2 Å². The monoisotopic (exact) mass is 326 g/mol. The van der Waals surface area contributed by atoms with E-state index in [1.807, 2.05) is 12.1 Å². The molecule has 124 valence electrons. The van der Waals surface area contributed by atoms with E-state index in [-0.39, 0.29) is 18.4 Å². The Morgan fingerprint density at radius 1 is 1.17 bits per heavy atom. The van der Waals surface area contributed by atoms with Crippen LogP contribution in [0.3, 0.4) is 0 Å². The fraction of sp³-hybridized carbons (Fsp3) is 0.222. The zero-order chi connectivity index (χ0) is 17.1. The Kier molecular flexibility index (Phi) is 4.37. The minimum Gasteiger partial charge on any atom is -0.497 e. The number of carbonyl (C=O) groups is 2. The van der Waals surface area contributed by atoms with Crippen molar-refractivity contribution in [3.05, 3.63) is 48.5 Å². The molecule has 0 bridgehead atoms. The van der Waals surface area contributed by atoms with Gasteiger partial charge in [-0.3, -0.25) is 14.5 Å². The van der Waals surface area contributed by atoms with Gasteiger partial charge in [-0.2, -0.15) is 0 Å². The molecule has 0 saturated heterocycles. The average molecular weight is 326 g/mol. The average Bonchev–Trinajstić information content (AvgIpc) is 2.60. The summed E-state index contributed by atoms with van der Waals surface area (Å²) in [5, 5.41) is 2.76. The first-order chi connectivity index (χ1) is 11.6. The molecule has 2 amide bonds. The van der Waals surface area contributed by atoms with Gasteiger partial charge in [-0.05, 0) is 31.2 Å². The van der Waals surface area contributed by atoms with Crippen molar-refractivity contribution < 1.29 is 19.1 Å². The summed E-state index contributed by atoms with van der Waals surface area (Å²) in [4.78, 5) is 26.0. The van der Waals surface area contributed by atoms with E-state index in [9.17, 15) is 9.59 Å². The zero-order valence-electron chi connectivity index (χ0n) is 13.5. The molecule has 1 atom stereocenters. The van der Waals surface area contributed by atoms with Crippen LogP contribution in [-0.4, -0.2) is 31.6 Å². The molecule has 3 rings (SSSR count). The van der Waals surface area contributed by atoms with Gasteiger partial charge >= 0.3 is 0 Å². The Hall–Kier alpha value is -3.02. The third-order valence-corrected chi connectivity index (χ3v) is 3.74. The van der Waals surface area contributed by atoms with E-state index < -0.39 is 6.10 Å². The van der Waals surface area contributed by atoms with Gasteiger partial charge < -0.3 is 14.8 Å². The van der Waals surface area contributed by atoms with Crippen LogP contribution >= 0.6 is 0 Å². The smallest absolute Gasteiger partial charge is 0.268 e. The van der Waals surface area contributed by atoms with E-state index >= 15 is 0 Å². The van der Waals surface area contributed by atoms with E-state index in [0.717, 1.165) is 0 Å². The number of fused-ring (bicyclic) bond motifs is 1. The number of anilines is 2. The Bertz CT molecular complexity index is 775. The van der Waals surface area contributed by atoms with Crippen molar-refractivity contribution in [1.29, 1.82) is 0 Å². The largest absolute Gasteiger partial charge is 0.497 e. The fourth-order valence-corrected chi connectivity index (χ4v) is 2.58. The second-order valence-electron chi connectivity index (χ2n) is 5.43. The highest BCUT2D eigenvalue weighted by Crippen LogP contribution is 2.30. The number of nitrogens with one attached hydrogen (secondary N) is 1. The summed E-state index contributed by atoms with van der Waals surface area (Å²) < 4.78 is 10.9. The van der Waals surface area contributed by atoms with Gasteiger partial charge in [0.25, 0.3) is 5.91 Å². The molecule has 6 nitrogen and oxygen atoms in total. The van der Waals surface area contributed by atoms with Gasteiger partial charge in [-0.1, -0.05) is 18.2 Å². The van der Waals surface area contributed by atoms with Gasteiger partial charge in [0, 0.05) is 6.07 Å². The van der Waals surface area contributed by atoms with Crippen LogP contribution in [0, 0.1) is 0 Å². The van der Waals surface area contributed by atoms with Crippen LogP contribution in [-0.2, 0) is 9.59 Å². The van der Waals surface area contributed by atoms with Crippen molar-refractivity contribution in [1.82, 2.24) is 0 Å². The molecule has 0 unspecified atom stereocenters. The summed E-state index contributed by atoms with van der Waals surface area (Å²) >= 11 is 0. The Labute approximate surface area is 140 Å². The maximum atomic E-state index is 12.8. The minimum atomic E-state index is -0.740. The van der Waals surface area contributed by atoms with E-state index in [4.69, 9.17) is 9.47 Å². The number of benzene rings is 2. The number of para-hydroxylation sites is 2. The number of hydrogen-bond acceptors (Lipinski definition) is 4. The van der Waals surface area contributed by atoms with Gasteiger partial charge in [0.15, 0.2) is 6.10 Å². The van der Waals surface area contributed by atoms with Crippen LogP contribution in [0.2, 0.25) is 0 Å². The van der Waals surface area contributed by atoms with E-state index in [1.165, 1.54) is 4.90 Å². The molecule has 0 spiro atoms. The normalized spacial score (nSPS) is 14.4. The topological polar surface area (TPSA) is 67.9 Å². The maximum Gasteiger partial charge on any atom is 0.268 e. The molecule has 1 N–H and O–H groups in total. The summed E-state index contributed by atoms with van der Waals surface area (Å²) in [6.07, 6.45) is -0.740. The predicted octanol–water partition coefficient (Wildman–Crippen LogP) is 2.45. The highest BCUT2D eigenvalue weighted by atomic mass is 16.5. The van der Waals surface area contributed by atoms with Crippen molar-refractivity contribution in [2.45, 2.75) is 13.0 Å². The molecule has 1 heterocycles. The standard InChI is InChI=1S/C18H18N2O4/c1-12(24-14-7-5-6-13(10-14)23-2)18(22)20-11-17(21)19-15-8-3-4-9-16(15)20/h3-10,12H,11H2,1-2H3,(H,19,21)/t12-/m0/s1. The van der Waals surface area contributed by atoms with Gasteiger partial charge in [0.2, 0.25) is 5.91 Å². The van der Waals surface area contributed by atoms with Crippen molar-refractivity contribution in [2.75, 3.05) is 23.9 Å². The predicted molar refractivity (Wildman–Crippen MR) is 90.5 cm³/mol. The highest BCUT2D eigenvalue weighted by molar-refractivity contribution is 6.10. The first-order valence-corrected chi connectivity index (χ1v) is 7.59. The highest BCUT2D eigenvalue weighted by Gasteiger charge is 2.30. The molecular weight excluding hydrogens is 308 g/mol. The lowest BCUT2D eigenvalue weighted by molar-refractivity contribution is -0.126. The van der Waals surface area contributed by atoms with Gasteiger partial charge in [0.1, 0.15) is 18.0 Å². The number of rotatable bonds is 4. The van der Waals surface area contributed by atoms with Crippen LogP contribution < -0.4 is 19.7 Å². The van der Waals surface area contributed by atoms with Crippen LogP contribution in [0.4, 0.5) is 11.4 Å². The SMILES string of the molecule is COc1cccc(O[C@@H](C)C(=O)N2CC(=O)Nc3ccccc32)c1. The number of amides is 2. The Morgan fingerprint density at radius 3 is 2.71 bits per heavy atom. The van der Waals surface area contributed by atoms with Crippen molar-refractivity contribution in [2.24, 2.45) is 0 Å². The molecule has 0 saturated carbocycles. The lowest BCUT2D eigenvalue weighted by Crippen LogP contribution is -2.47. The second kappa shape index (κ2) is 6.62. The zero-order valence-corrected chi connectivity index (χ0v) is 13.5. The van der Waals surface area contributed by atoms with Gasteiger partial charge in [-0.25, -0.2) is 0 Å². The van der Waals surface area contributed by atoms with Crippen molar-refractivity contribution in [3.8, 4) is 11.5 Å². The third-order valence-electron chi connectivity index (χ3n) is 3.74. The van der Waals surface area contributed by atoms with Crippen molar-refractivity contribution in [3.63, 3.8) is 0 Å². The first kappa shape index (κ1) is 15.9. The molecular formula is C18H18N2O4. The van der Waals surface area contributed by atoms with Gasteiger partial charge in [0.05, 0.1) is 18.5 Å². The minimum absolute atomic E-state index is 0.0261. The molecule has 2 aromatic carbocycles. The maximum absolute atomic E-state index is 12.8. The molecule has 1 aliphatic rings. The van der Waals surface area contributed by atoms with E-state index in [2.05, 4.69) is 5.32 Å². The van der Waals surface area contributed by atoms with E-state index in [0.29, 0.717) is 22.9 Å². The van der Waals surface area contributed by atoms with Gasteiger partial charge in [-0.15, -0.1) is 0 Å². The number of nitrogens with zero attached hydrogens (tertiary/aromatic N) is 1. The Balaban J connectivity index is 1.79. The summed E-state index contributed by atoms with van der Waals surface area (Å²) in [6, 6.07) is 14.2. The summed E-state index contributed by atoms with van der Waals surface area (Å²) in [5.41, 5.74) is 1.29. The van der Waals surface area contributed by atoms with Crippen LogP contribution in [0.25, 0.3) is 0 Å². The lowest BCUT2D eigenvalue weighted by Gasteiger charge is -2.31. The third kappa shape index (κ3) is 3.17. The summed E-state index contributed by atoms with van der Waals surface area (Å²) in [5.74, 6) is 0.676. The number of ether oxygens (including phenoxy) is 2. The van der Waals surface area contributed by atoms with Crippen LogP contribution in [0.15, 0.2) is 48.5 Å². The molecule has 0 aliphatic carbocycles. The molecule has 2 aromatic rings. The fourth-order valence-electron chi connectivity index (χ4n) is 2.58.